The Morgan fingerprint density at radius 3 is 1.85 bits per heavy atom. The van der Waals surface area contributed by atoms with Crippen LogP contribution in [0.5, 0.6) is 0 Å². The van der Waals surface area contributed by atoms with Crippen LogP contribution < -0.4 is 0 Å². The molecule has 1 saturated carbocycles. The van der Waals surface area contributed by atoms with Gasteiger partial charge in [-0.1, -0.05) is 42.5 Å². The van der Waals surface area contributed by atoms with E-state index in [0.717, 1.165) is 13.1 Å². The summed E-state index contributed by atoms with van der Waals surface area (Å²) >= 11 is 0. The second-order valence-corrected chi connectivity index (χ2v) is 8.33. The molecule has 8 heteroatoms. The quantitative estimate of drug-likeness (QED) is 0.687. The average Bonchev–Trinajstić information content (AvgIpc) is 2.85. The van der Waals surface area contributed by atoms with Gasteiger partial charge in [-0.05, 0) is 49.3 Å². The van der Waals surface area contributed by atoms with Crippen LogP contribution in [0.4, 0.5) is 4.39 Å². The summed E-state index contributed by atoms with van der Waals surface area (Å²) in [6.45, 7) is 3.15. The molecule has 1 amide bonds. The Bertz CT molecular complexity index is 940. The summed E-state index contributed by atoms with van der Waals surface area (Å²) in [6, 6.07) is 17.7. The predicted octanol–water partition coefficient (Wildman–Crippen LogP) is 3.47. The first-order valence-corrected chi connectivity index (χ1v) is 11.2. The normalized spacial score (nSPS) is 20.9. The second-order valence-electron chi connectivity index (χ2n) is 8.33. The third-order valence-corrected chi connectivity index (χ3v) is 6.37. The van der Waals surface area contributed by atoms with Crippen molar-refractivity contribution in [1.29, 1.82) is 0 Å². The van der Waals surface area contributed by atoms with E-state index in [2.05, 4.69) is 35.2 Å². The highest BCUT2D eigenvalue weighted by Gasteiger charge is 2.30. The highest BCUT2D eigenvalue weighted by Crippen LogP contribution is 2.35. The largest absolute Gasteiger partial charge is 0.473 e. The Morgan fingerprint density at radius 1 is 0.758 bits per heavy atom. The number of aliphatic carboxylic acids is 2. The van der Waals surface area contributed by atoms with Crippen molar-refractivity contribution in [2.24, 2.45) is 0 Å². The first kappa shape index (κ1) is 24.4. The van der Waals surface area contributed by atoms with Gasteiger partial charge in [-0.2, -0.15) is 0 Å². The van der Waals surface area contributed by atoms with Gasteiger partial charge in [0, 0.05) is 32.2 Å². The summed E-state index contributed by atoms with van der Waals surface area (Å²) in [4.78, 5) is 35.1. The van der Waals surface area contributed by atoms with Gasteiger partial charge in [0.25, 0.3) is 5.91 Å². The summed E-state index contributed by atoms with van der Waals surface area (Å²) in [5.74, 6) is -3.57. The molecule has 0 spiro atoms. The van der Waals surface area contributed by atoms with E-state index in [9.17, 15) is 9.18 Å². The third-order valence-electron chi connectivity index (χ3n) is 6.37. The molecule has 2 aromatic rings. The molecule has 1 saturated heterocycles. The molecule has 1 aliphatic carbocycles. The number of carbonyl (C=O) groups is 3. The van der Waals surface area contributed by atoms with E-state index in [-0.39, 0.29) is 11.5 Å². The lowest BCUT2D eigenvalue weighted by atomic mass is 9.81. The van der Waals surface area contributed by atoms with Crippen LogP contribution in [-0.4, -0.2) is 70.1 Å². The van der Waals surface area contributed by atoms with Crippen LogP contribution in [0.15, 0.2) is 54.6 Å². The molecule has 2 aliphatic rings. The van der Waals surface area contributed by atoms with Gasteiger partial charge in [-0.25, -0.2) is 14.0 Å². The van der Waals surface area contributed by atoms with E-state index < -0.39 is 17.8 Å². The topological polar surface area (TPSA) is 98.1 Å². The molecule has 176 valence electrons. The van der Waals surface area contributed by atoms with Crippen LogP contribution >= 0.6 is 0 Å². The summed E-state index contributed by atoms with van der Waals surface area (Å²) < 4.78 is 13.9. The van der Waals surface area contributed by atoms with Crippen molar-refractivity contribution in [3.8, 4) is 0 Å². The average molecular weight is 457 g/mol. The monoisotopic (exact) mass is 456 g/mol. The minimum absolute atomic E-state index is 0.180. The van der Waals surface area contributed by atoms with Crippen molar-refractivity contribution in [2.45, 2.75) is 37.6 Å². The minimum Gasteiger partial charge on any atom is -0.473 e. The molecule has 0 radical (unpaired) electrons. The van der Waals surface area contributed by atoms with Gasteiger partial charge in [-0.15, -0.1) is 0 Å². The Labute approximate surface area is 192 Å². The zero-order valence-corrected chi connectivity index (χ0v) is 18.4. The Hall–Kier alpha value is -3.26. The van der Waals surface area contributed by atoms with E-state index in [1.807, 2.05) is 0 Å². The van der Waals surface area contributed by atoms with E-state index >= 15 is 0 Å². The number of piperazine rings is 1. The standard InChI is InChI=1S/C23H27FN2O.C2H2O4/c24-22-9-5-4-8-21(22)23(27)26-16-14-25(15-17-26)20-12-10-19(11-13-20)18-6-2-1-3-7-18;3-1(4)2(5)6/h1-9,19-20H,10-17H2;(H,3,4)(H,5,6). The fraction of sp³-hybridized carbons (Fsp3) is 0.400. The zero-order valence-electron chi connectivity index (χ0n) is 18.4. The number of amides is 1. The van der Waals surface area contributed by atoms with Gasteiger partial charge in [0.1, 0.15) is 5.82 Å². The van der Waals surface area contributed by atoms with E-state index in [0.29, 0.717) is 25.0 Å². The Balaban J connectivity index is 0.000000454. The van der Waals surface area contributed by atoms with Crippen molar-refractivity contribution in [3.63, 3.8) is 0 Å². The van der Waals surface area contributed by atoms with Crippen molar-refractivity contribution in [1.82, 2.24) is 9.80 Å². The molecule has 33 heavy (non-hydrogen) atoms. The number of hydrogen-bond donors (Lipinski definition) is 2. The van der Waals surface area contributed by atoms with Gasteiger partial charge in [0.2, 0.25) is 0 Å². The van der Waals surface area contributed by atoms with Gasteiger partial charge in [0.05, 0.1) is 5.56 Å². The molecule has 0 unspecified atom stereocenters. The molecule has 0 aromatic heterocycles. The fourth-order valence-corrected chi connectivity index (χ4v) is 4.59. The van der Waals surface area contributed by atoms with Crippen LogP contribution in [0, 0.1) is 5.82 Å². The molecule has 2 N–H and O–H groups in total. The number of benzene rings is 2. The third kappa shape index (κ3) is 6.61. The summed E-state index contributed by atoms with van der Waals surface area (Å²) in [5.41, 5.74) is 1.66. The molecule has 0 bridgehead atoms. The maximum atomic E-state index is 13.9. The fourth-order valence-electron chi connectivity index (χ4n) is 4.59. The van der Waals surface area contributed by atoms with Crippen LogP contribution in [0.2, 0.25) is 0 Å². The van der Waals surface area contributed by atoms with Gasteiger partial charge in [0.15, 0.2) is 0 Å². The second kappa shape index (κ2) is 11.6. The van der Waals surface area contributed by atoms with Crippen molar-refractivity contribution in [3.05, 3.63) is 71.5 Å². The van der Waals surface area contributed by atoms with Crippen molar-refractivity contribution < 1.29 is 29.0 Å². The van der Waals surface area contributed by atoms with Crippen LogP contribution in [0.25, 0.3) is 0 Å². The molecule has 4 rings (SSSR count). The lowest BCUT2D eigenvalue weighted by Crippen LogP contribution is -2.52. The molecular weight excluding hydrogens is 427 g/mol. The number of carboxylic acid groups (broad SMARTS) is 2. The number of rotatable bonds is 3. The molecule has 0 atom stereocenters. The first-order valence-electron chi connectivity index (χ1n) is 11.2. The first-order chi connectivity index (χ1) is 15.9. The predicted molar refractivity (Wildman–Crippen MR) is 121 cm³/mol. The highest BCUT2D eigenvalue weighted by molar-refractivity contribution is 6.27. The number of halogens is 1. The molecule has 1 aliphatic heterocycles. The van der Waals surface area contributed by atoms with Gasteiger partial charge >= 0.3 is 11.9 Å². The number of carboxylic acids is 2. The maximum Gasteiger partial charge on any atom is 0.414 e. The zero-order chi connectivity index (χ0) is 23.8. The van der Waals surface area contributed by atoms with Gasteiger partial charge < -0.3 is 15.1 Å². The van der Waals surface area contributed by atoms with Crippen molar-refractivity contribution >= 4 is 17.8 Å². The van der Waals surface area contributed by atoms with E-state index in [1.165, 1.54) is 37.3 Å². The number of nitrogens with zero attached hydrogens (tertiary/aromatic N) is 2. The molecule has 2 aromatic carbocycles. The maximum absolute atomic E-state index is 13.9. The smallest absolute Gasteiger partial charge is 0.414 e. The van der Waals surface area contributed by atoms with Gasteiger partial charge in [-0.3, -0.25) is 9.69 Å². The molecule has 1 heterocycles. The minimum atomic E-state index is -1.82. The molecule has 2 fully saturated rings. The Kier molecular flexibility index (Phi) is 8.54. The summed E-state index contributed by atoms with van der Waals surface area (Å²) in [7, 11) is 0. The highest BCUT2D eigenvalue weighted by atomic mass is 19.1. The molecular formula is C25H29FN2O5. The van der Waals surface area contributed by atoms with E-state index in [1.54, 1.807) is 23.1 Å². The van der Waals surface area contributed by atoms with Crippen molar-refractivity contribution in [2.75, 3.05) is 26.2 Å². The Morgan fingerprint density at radius 2 is 1.30 bits per heavy atom. The van der Waals surface area contributed by atoms with Crippen LogP contribution in [0.1, 0.15) is 47.5 Å². The lowest BCUT2D eigenvalue weighted by Gasteiger charge is -2.42. The molecule has 7 nitrogen and oxygen atoms in total. The summed E-state index contributed by atoms with van der Waals surface area (Å²) in [6.07, 6.45) is 4.92. The SMILES string of the molecule is O=C(O)C(=O)O.O=C(c1ccccc1F)N1CCN(C2CCC(c3ccccc3)CC2)CC1. The van der Waals surface area contributed by atoms with E-state index in [4.69, 9.17) is 19.8 Å². The lowest BCUT2D eigenvalue weighted by molar-refractivity contribution is -0.159. The number of carbonyl (C=O) groups excluding carboxylic acids is 1. The van der Waals surface area contributed by atoms with Crippen LogP contribution in [-0.2, 0) is 9.59 Å². The summed E-state index contributed by atoms with van der Waals surface area (Å²) in [5, 5.41) is 14.8. The van der Waals surface area contributed by atoms with Crippen LogP contribution in [0.3, 0.4) is 0 Å². The number of hydrogen-bond acceptors (Lipinski definition) is 4.